The molecule has 0 aliphatic heterocycles. The summed E-state index contributed by atoms with van der Waals surface area (Å²) in [5.74, 6) is -0.145. The highest BCUT2D eigenvalue weighted by molar-refractivity contribution is 9.10. The van der Waals surface area contributed by atoms with Crippen molar-refractivity contribution in [3.63, 3.8) is 0 Å². The third-order valence-corrected chi connectivity index (χ3v) is 4.95. The Labute approximate surface area is 163 Å². The fraction of sp³-hybridized carbons (Fsp3) is 0.105. The molecule has 1 aromatic carbocycles. The van der Waals surface area contributed by atoms with Crippen molar-refractivity contribution in [2.24, 2.45) is 0 Å². The second-order valence-corrected chi connectivity index (χ2v) is 7.31. The SMILES string of the molecule is CC(=O)Oc1cc(Br)ccc1-c1ccsc1CNC(=O)c1ccccn1. The van der Waals surface area contributed by atoms with E-state index in [-0.39, 0.29) is 11.9 Å². The summed E-state index contributed by atoms with van der Waals surface area (Å²) in [6.45, 7) is 1.73. The van der Waals surface area contributed by atoms with E-state index in [9.17, 15) is 9.59 Å². The first kappa shape index (κ1) is 18.3. The monoisotopic (exact) mass is 430 g/mol. The van der Waals surface area contributed by atoms with Crippen molar-refractivity contribution in [3.05, 3.63) is 69.1 Å². The van der Waals surface area contributed by atoms with Crippen LogP contribution >= 0.6 is 27.3 Å². The van der Waals surface area contributed by atoms with E-state index < -0.39 is 0 Å². The molecule has 0 bridgehead atoms. The standard InChI is InChI=1S/C19H15BrN2O3S/c1-12(23)25-17-10-13(20)5-6-14(17)15-7-9-26-18(15)11-22-19(24)16-4-2-3-8-21-16/h2-10H,11H2,1H3,(H,22,24). The minimum Gasteiger partial charge on any atom is -0.426 e. The summed E-state index contributed by atoms with van der Waals surface area (Å²) >= 11 is 4.92. The lowest BCUT2D eigenvalue weighted by Gasteiger charge is -2.11. The number of thiophene rings is 1. The molecular formula is C19H15BrN2O3S. The maximum absolute atomic E-state index is 12.2. The van der Waals surface area contributed by atoms with E-state index in [1.165, 1.54) is 18.3 Å². The molecule has 0 unspecified atom stereocenters. The number of nitrogens with zero attached hydrogens (tertiary/aromatic N) is 1. The molecule has 132 valence electrons. The van der Waals surface area contributed by atoms with Crippen molar-refractivity contribution < 1.29 is 14.3 Å². The fourth-order valence-corrected chi connectivity index (χ4v) is 3.59. The number of ether oxygens (including phenoxy) is 1. The van der Waals surface area contributed by atoms with E-state index in [0.29, 0.717) is 18.0 Å². The van der Waals surface area contributed by atoms with Crippen LogP contribution in [0.1, 0.15) is 22.3 Å². The van der Waals surface area contributed by atoms with E-state index in [1.807, 2.05) is 23.6 Å². The van der Waals surface area contributed by atoms with Gasteiger partial charge >= 0.3 is 5.97 Å². The lowest BCUT2D eigenvalue weighted by Crippen LogP contribution is -2.23. The molecule has 2 heterocycles. The Hall–Kier alpha value is -2.51. The van der Waals surface area contributed by atoms with Crippen molar-refractivity contribution in [3.8, 4) is 16.9 Å². The third-order valence-electron chi connectivity index (χ3n) is 3.54. The molecular weight excluding hydrogens is 416 g/mol. The summed E-state index contributed by atoms with van der Waals surface area (Å²) in [7, 11) is 0. The van der Waals surface area contributed by atoms with E-state index in [2.05, 4.69) is 26.2 Å². The number of carbonyl (C=O) groups excluding carboxylic acids is 2. The summed E-state index contributed by atoms with van der Waals surface area (Å²) in [5.41, 5.74) is 2.08. The van der Waals surface area contributed by atoms with Crippen LogP contribution in [0.2, 0.25) is 0 Å². The predicted octanol–water partition coefficient (Wildman–Crippen LogP) is 4.43. The second kappa shape index (κ2) is 8.25. The minimum absolute atomic E-state index is 0.235. The molecule has 0 spiro atoms. The zero-order valence-electron chi connectivity index (χ0n) is 13.9. The molecule has 0 aliphatic carbocycles. The number of rotatable bonds is 5. The first-order chi connectivity index (χ1) is 12.5. The van der Waals surface area contributed by atoms with Crippen molar-refractivity contribution in [2.45, 2.75) is 13.5 Å². The van der Waals surface area contributed by atoms with Gasteiger partial charge in [-0.25, -0.2) is 0 Å². The molecule has 1 amide bonds. The molecule has 7 heteroatoms. The van der Waals surface area contributed by atoms with Crippen molar-refractivity contribution in [2.75, 3.05) is 0 Å². The predicted molar refractivity (Wildman–Crippen MR) is 104 cm³/mol. The van der Waals surface area contributed by atoms with Gasteiger partial charge in [0.15, 0.2) is 0 Å². The third kappa shape index (κ3) is 4.36. The molecule has 0 fully saturated rings. The van der Waals surface area contributed by atoms with Gasteiger partial charge < -0.3 is 10.1 Å². The van der Waals surface area contributed by atoms with Gasteiger partial charge in [-0.3, -0.25) is 14.6 Å². The molecule has 0 radical (unpaired) electrons. The van der Waals surface area contributed by atoms with E-state index >= 15 is 0 Å². The van der Waals surface area contributed by atoms with Gasteiger partial charge in [0, 0.05) is 33.6 Å². The summed E-state index contributed by atoms with van der Waals surface area (Å²) < 4.78 is 6.16. The van der Waals surface area contributed by atoms with Crippen LogP contribution in [0, 0.1) is 0 Å². The summed E-state index contributed by atoms with van der Waals surface area (Å²) in [6, 6.07) is 12.7. The fourth-order valence-electron chi connectivity index (χ4n) is 2.42. The number of aromatic nitrogens is 1. The Kier molecular flexibility index (Phi) is 5.80. The Balaban J connectivity index is 1.83. The zero-order valence-corrected chi connectivity index (χ0v) is 16.3. The Morgan fingerprint density at radius 1 is 1.19 bits per heavy atom. The topological polar surface area (TPSA) is 68.3 Å². The number of amides is 1. The maximum Gasteiger partial charge on any atom is 0.308 e. The molecule has 3 rings (SSSR count). The van der Waals surface area contributed by atoms with Gasteiger partial charge in [-0.2, -0.15) is 0 Å². The first-order valence-corrected chi connectivity index (χ1v) is 9.46. The highest BCUT2D eigenvalue weighted by Gasteiger charge is 2.15. The number of hydrogen-bond donors (Lipinski definition) is 1. The normalized spacial score (nSPS) is 10.4. The Bertz CT molecular complexity index is 941. The lowest BCUT2D eigenvalue weighted by molar-refractivity contribution is -0.131. The number of pyridine rings is 1. The zero-order chi connectivity index (χ0) is 18.5. The van der Waals surface area contributed by atoms with Crippen LogP contribution in [0.15, 0.2) is 58.5 Å². The quantitative estimate of drug-likeness (QED) is 0.480. The molecule has 2 aromatic heterocycles. The van der Waals surface area contributed by atoms with Crippen molar-refractivity contribution in [1.29, 1.82) is 0 Å². The van der Waals surface area contributed by atoms with Crippen LogP contribution in [0.4, 0.5) is 0 Å². The van der Waals surface area contributed by atoms with Crippen LogP contribution in [0.5, 0.6) is 5.75 Å². The molecule has 1 N–H and O–H groups in total. The second-order valence-electron chi connectivity index (χ2n) is 5.39. The molecule has 0 aliphatic rings. The van der Waals surface area contributed by atoms with Gasteiger partial charge in [-0.05, 0) is 41.8 Å². The number of nitrogens with one attached hydrogen (secondary N) is 1. The van der Waals surface area contributed by atoms with E-state index in [1.54, 1.807) is 30.5 Å². The van der Waals surface area contributed by atoms with Crippen LogP contribution in [0.3, 0.4) is 0 Å². The number of carbonyl (C=O) groups is 2. The van der Waals surface area contributed by atoms with Crippen molar-refractivity contribution >= 4 is 39.1 Å². The number of benzene rings is 1. The highest BCUT2D eigenvalue weighted by atomic mass is 79.9. The summed E-state index contributed by atoms with van der Waals surface area (Å²) in [5, 5.41) is 4.82. The number of esters is 1. The highest BCUT2D eigenvalue weighted by Crippen LogP contribution is 2.37. The van der Waals surface area contributed by atoms with Gasteiger partial charge in [0.2, 0.25) is 0 Å². The number of halogens is 1. The van der Waals surface area contributed by atoms with Gasteiger partial charge in [0.1, 0.15) is 11.4 Å². The Morgan fingerprint density at radius 3 is 2.77 bits per heavy atom. The summed E-state index contributed by atoms with van der Waals surface area (Å²) in [6.07, 6.45) is 1.58. The van der Waals surface area contributed by atoms with E-state index in [0.717, 1.165) is 20.5 Å². The van der Waals surface area contributed by atoms with Crippen LogP contribution in [0.25, 0.3) is 11.1 Å². The van der Waals surface area contributed by atoms with Crippen LogP contribution in [-0.2, 0) is 11.3 Å². The van der Waals surface area contributed by atoms with Crippen molar-refractivity contribution in [1.82, 2.24) is 10.3 Å². The van der Waals surface area contributed by atoms with Gasteiger partial charge in [-0.15, -0.1) is 11.3 Å². The molecule has 0 saturated heterocycles. The van der Waals surface area contributed by atoms with E-state index in [4.69, 9.17) is 4.74 Å². The Morgan fingerprint density at radius 2 is 2.04 bits per heavy atom. The molecule has 5 nitrogen and oxygen atoms in total. The summed E-state index contributed by atoms with van der Waals surface area (Å²) in [4.78, 5) is 28.6. The molecule has 0 atom stereocenters. The molecule has 26 heavy (non-hydrogen) atoms. The average molecular weight is 431 g/mol. The maximum atomic E-state index is 12.2. The minimum atomic E-state index is -0.385. The van der Waals surface area contributed by atoms with Gasteiger partial charge in [0.05, 0.1) is 6.54 Å². The largest absolute Gasteiger partial charge is 0.426 e. The smallest absolute Gasteiger partial charge is 0.308 e. The molecule has 0 saturated carbocycles. The average Bonchev–Trinajstić information content (AvgIpc) is 3.08. The van der Waals surface area contributed by atoms with Crippen LogP contribution < -0.4 is 10.1 Å². The van der Waals surface area contributed by atoms with Gasteiger partial charge in [0.25, 0.3) is 5.91 Å². The lowest BCUT2D eigenvalue weighted by atomic mass is 10.1. The van der Waals surface area contributed by atoms with Gasteiger partial charge in [-0.1, -0.05) is 22.0 Å². The van der Waals surface area contributed by atoms with Crippen LogP contribution in [-0.4, -0.2) is 16.9 Å². The first-order valence-electron chi connectivity index (χ1n) is 7.78. The molecule has 3 aromatic rings. The number of hydrogen-bond acceptors (Lipinski definition) is 5.